The number of nitrogens with zero attached hydrogens (tertiary/aromatic N) is 2. The van der Waals surface area contributed by atoms with Crippen molar-refractivity contribution in [1.82, 2.24) is 15.1 Å². The van der Waals surface area contributed by atoms with E-state index in [1.165, 1.54) is 36.8 Å². The molecule has 0 bridgehead atoms. The predicted octanol–water partition coefficient (Wildman–Crippen LogP) is 3.06. The van der Waals surface area contributed by atoms with Gasteiger partial charge >= 0.3 is 0 Å². The fraction of sp³-hybridized carbons (Fsp3) is 0.680. The number of piperidine rings is 1. The standard InChI is InChI=1S/C25H39N5O/c1-18(2)19-7-9-21(10-8-19)29-14-11-25(12-15-29)22-6-4-3-5-20(22)17-30(23(25)31)16-13-28-24(26)27/h3-6,18-19,21H,7-17H2,1-2H3,(H4,26,27,28)/t19-,21+. The highest BCUT2D eigenvalue weighted by Crippen LogP contribution is 2.44. The van der Waals surface area contributed by atoms with Crippen molar-refractivity contribution in [1.29, 1.82) is 5.41 Å². The lowest BCUT2D eigenvalue weighted by Gasteiger charge is -2.49. The van der Waals surface area contributed by atoms with Gasteiger partial charge in [-0.2, -0.15) is 0 Å². The van der Waals surface area contributed by atoms with Crippen molar-refractivity contribution in [2.24, 2.45) is 17.6 Å². The molecule has 170 valence electrons. The molecule has 1 aromatic rings. The Hall–Kier alpha value is -2.08. The van der Waals surface area contributed by atoms with E-state index in [0.29, 0.717) is 25.7 Å². The number of hydrogen-bond acceptors (Lipinski definition) is 3. The molecule has 6 heteroatoms. The Labute approximate surface area is 187 Å². The average molecular weight is 426 g/mol. The maximum absolute atomic E-state index is 13.7. The van der Waals surface area contributed by atoms with E-state index in [1.807, 2.05) is 4.90 Å². The zero-order valence-electron chi connectivity index (χ0n) is 19.2. The molecule has 1 saturated carbocycles. The molecule has 1 amide bonds. The number of benzene rings is 1. The van der Waals surface area contributed by atoms with Crippen LogP contribution in [0.5, 0.6) is 0 Å². The van der Waals surface area contributed by atoms with E-state index in [4.69, 9.17) is 11.1 Å². The summed E-state index contributed by atoms with van der Waals surface area (Å²) >= 11 is 0. The summed E-state index contributed by atoms with van der Waals surface area (Å²) in [6.45, 7) is 8.49. The molecule has 1 aromatic carbocycles. The first kappa shape index (κ1) is 22.1. The molecule has 2 fully saturated rings. The Bertz CT molecular complexity index is 791. The van der Waals surface area contributed by atoms with Crippen molar-refractivity contribution >= 4 is 11.9 Å². The molecule has 3 aliphatic rings. The zero-order valence-corrected chi connectivity index (χ0v) is 19.2. The molecule has 1 saturated heterocycles. The molecule has 6 nitrogen and oxygen atoms in total. The molecule has 0 aromatic heterocycles. The summed E-state index contributed by atoms with van der Waals surface area (Å²) in [4.78, 5) is 18.4. The number of carbonyl (C=O) groups excluding carboxylic acids is 1. The maximum atomic E-state index is 13.7. The minimum Gasteiger partial charge on any atom is -0.370 e. The number of rotatable bonds is 5. The number of fused-ring (bicyclic) bond motifs is 2. The molecule has 0 radical (unpaired) electrons. The van der Waals surface area contributed by atoms with E-state index in [0.717, 1.165) is 37.8 Å². The van der Waals surface area contributed by atoms with Gasteiger partial charge in [-0.1, -0.05) is 38.1 Å². The predicted molar refractivity (Wildman–Crippen MR) is 125 cm³/mol. The van der Waals surface area contributed by atoms with Crippen LogP contribution in [0.3, 0.4) is 0 Å². The van der Waals surface area contributed by atoms with Crippen molar-refractivity contribution < 1.29 is 4.79 Å². The topological polar surface area (TPSA) is 85.5 Å². The SMILES string of the molecule is CC(C)[C@H]1CC[C@@H](N2CCC3(CC2)C(=O)N(CCNC(=N)N)Cc2ccccc23)CC1. The van der Waals surface area contributed by atoms with Crippen molar-refractivity contribution in [3.63, 3.8) is 0 Å². The molecule has 31 heavy (non-hydrogen) atoms. The monoisotopic (exact) mass is 425 g/mol. The van der Waals surface area contributed by atoms with Crippen molar-refractivity contribution in [2.75, 3.05) is 26.2 Å². The Kier molecular flexibility index (Phi) is 6.56. The summed E-state index contributed by atoms with van der Waals surface area (Å²) in [5.41, 5.74) is 7.56. The van der Waals surface area contributed by atoms with Crippen LogP contribution in [-0.4, -0.2) is 53.9 Å². The van der Waals surface area contributed by atoms with E-state index >= 15 is 0 Å². The normalized spacial score (nSPS) is 26.2. The van der Waals surface area contributed by atoms with E-state index in [-0.39, 0.29) is 11.9 Å². The van der Waals surface area contributed by atoms with Gasteiger partial charge in [0.15, 0.2) is 5.96 Å². The van der Waals surface area contributed by atoms with Crippen LogP contribution in [0.25, 0.3) is 0 Å². The van der Waals surface area contributed by atoms with Crippen LogP contribution in [-0.2, 0) is 16.8 Å². The largest absolute Gasteiger partial charge is 0.370 e. The Morgan fingerprint density at radius 3 is 2.52 bits per heavy atom. The lowest BCUT2D eigenvalue weighted by atomic mass is 9.67. The third kappa shape index (κ3) is 4.45. The van der Waals surface area contributed by atoms with Crippen LogP contribution < -0.4 is 11.1 Å². The van der Waals surface area contributed by atoms with Crippen LogP contribution in [0.2, 0.25) is 0 Å². The maximum Gasteiger partial charge on any atom is 0.233 e. The number of nitrogens with one attached hydrogen (secondary N) is 2. The van der Waals surface area contributed by atoms with Gasteiger partial charge in [0.2, 0.25) is 5.91 Å². The van der Waals surface area contributed by atoms with Crippen molar-refractivity contribution in [2.45, 2.75) is 70.4 Å². The Morgan fingerprint density at radius 2 is 1.87 bits per heavy atom. The second kappa shape index (κ2) is 9.19. The molecule has 4 N–H and O–H groups in total. The molecule has 1 spiro atoms. The highest BCUT2D eigenvalue weighted by Gasteiger charge is 2.49. The molecule has 4 rings (SSSR count). The first-order valence-electron chi connectivity index (χ1n) is 12.1. The quantitative estimate of drug-likeness (QED) is 0.500. The second-order valence-corrected chi connectivity index (χ2v) is 10.2. The lowest BCUT2D eigenvalue weighted by Crippen LogP contribution is -2.58. The van der Waals surface area contributed by atoms with Crippen LogP contribution in [0.15, 0.2) is 24.3 Å². The van der Waals surface area contributed by atoms with E-state index < -0.39 is 5.41 Å². The lowest BCUT2D eigenvalue weighted by molar-refractivity contribution is -0.142. The molecular weight excluding hydrogens is 386 g/mol. The number of hydrogen-bond donors (Lipinski definition) is 3. The van der Waals surface area contributed by atoms with Crippen LogP contribution >= 0.6 is 0 Å². The Balaban J connectivity index is 1.46. The highest BCUT2D eigenvalue weighted by atomic mass is 16.2. The van der Waals surface area contributed by atoms with Gasteiger partial charge < -0.3 is 20.9 Å². The van der Waals surface area contributed by atoms with Gasteiger partial charge in [-0.15, -0.1) is 0 Å². The minimum atomic E-state index is -0.392. The third-order valence-electron chi connectivity index (χ3n) is 8.14. The highest BCUT2D eigenvalue weighted by molar-refractivity contribution is 5.90. The summed E-state index contributed by atoms with van der Waals surface area (Å²) in [7, 11) is 0. The molecule has 0 unspecified atom stereocenters. The van der Waals surface area contributed by atoms with Crippen LogP contribution in [0.1, 0.15) is 63.5 Å². The Morgan fingerprint density at radius 1 is 1.19 bits per heavy atom. The van der Waals surface area contributed by atoms with E-state index in [2.05, 4.69) is 48.3 Å². The number of guanidine groups is 1. The van der Waals surface area contributed by atoms with Crippen LogP contribution in [0.4, 0.5) is 0 Å². The van der Waals surface area contributed by atoms with Crippen LogP contribution in [0, 0.1) is 17.2 Å². The second-order valence-electron chi connectivity index (χ2n) is 10.2. The van der Waals surface area contributed by atoms with Gasteiger partial charge in [0.25, 0.3) is 0 Å². The summed E-state index contributed by atoms with van der Waals surface area (Å²) in [6, 6.07) is 9.21. The fourth-order valence-corrected chi connectivity index (χ4v) is 6.21. The summed E-state index contributed by atoms with van der Waals surface area (Å²) < 4.78 is 0. The van der Waals surface area contributed by atoms with E-state index in [1.54, 1.807) is 0 Å². The third-order valence-corrected chi connectivity index (χ3v) is 8.14. The van der Waals surface area contributed by atoms with Crippen molar-refractivity contribution in [3.05, 3.63) is 35.4 Å². The van der Waals surface area contributed by atoms with Gasteiger partial charge in [-0.3, -0.25) is 10.2 Å². The first-order chi connectivity index (χ1) is 14.9. The molecular formula is C25H39N5O. The van der Waals surface area contributed by atoms with Gasteiger partial charge in [0.05, 0.1) is 5.41 Å². The molecule has 0 atom stereocenters. The summed E-state index contributed by atoms with van der Waals surface area (Å²) in [5, 5.41) is 10.2. The minimum absolute atomic E-state index is 0.0416. The summed E-state index contributed by atoms with van der Waals surface area (Å²) in [5.74, 6) is 1.90. The smallest absolute Gasteiger partial charge is 0.233 e. The van der Waals surface area contributed by atoms with Gasteiger partial charge in [-0.05, 0) is 74.6 Å². The molecule has 2 heterocycles. The van der Waals surface area contributed by atoms with Crippen molar-refractivity contribution in [3.8, 4) is 0 Å². The summed E-state index contributed by atoms with van der Waals surface area (Å²) in [6.07, 6.45) is 7.13. The number of likely N-dealkylation sites (tertiary alicyclic amines) is 1. The first-order valence-corrected chi connectivity index (χ1v) is 12.1. The van der Waals surface area contributed by atoms with Gasteiger partial charge in [0.1, 0.15) is 0 Å². The fourth-order valence-electron chi connectivity index (χ4n) is 6.21. The zero-order chi connectivity index (χ0) is 22.0. The van der Waals surface area contributed by atoms with E-state index in [9.17, 15) is 4.79 Å². The molecule has 2 aliphatic heterocycles. The number of carbonyl (C=O) groups is 1. The van der Waals surface area contributed by atoms with Gasteiger partial charge in [-0.25, -0.2) is 0 Å². The average Bonchev–Trinajstić information content (AvgIpc) is 2.77. The number of amides is 1. The van der Waals surface area contributed by atoms with Gasteiger partial charge in [0, 0.05) is 25.7 Å². The molecule has 1 aliphatic carbocycles. The number of nitrogens with two attached hydrogens (primary N) is 1.